The van der Waals surface area contributed by atoms with Gasteiger partial charge in [0.05, 0.1) is 24.1 Å². The van der Waals surface area contributed by atoms with Crippen LogP contribution in [-0.2, 0) is 40.5 Å². The molecule has 0 amide bonds. The molecule has 0 radical (unpaired) electrons. The average Bonchev–Trinajstić information content (AvgIpc) is 3.62. The number of hydrogen-bond donors (Lipinski definition) is 1. The molecule has 0 saturated carbocycles. The standard InChI is InChI=1S/C39H38N4O4S2/c1-24-10-12-27(4)37(16-24)47-49(44)42-32-15-14-26(3)31(20-32)19-29-8-7-9-30(18-29)35-21-36-33(22-40)34(23-46-45-6)39(43(36)41-35)48-38-17-25(2)11-13-28(38)5/h7-18,20,42H,19,21,23H2,1-6H3. The highest BCUT2D eigenvalue weighted by molar-refractivity contribution is 7.99. The number of fused-ring (bicyclic) bond motifs is 1. The van der Waals surface area contributed by atoms with Gasteiger partial charge in [0.2, 0.25) is 0 Å². The van der Waals surface area contributed by atoms with E-state index in [0.717, 1.165) is 71.4 Å². The van der Waals surface area contributed by atoms with Crippen molar-refractivity contribution in [2.75, 3.05) is 11.8 Å². The number of anilines is 1. The van der Waals surface area contributed by atoms with E-state index in [0.29, 0.717) is 29.8 Å². The predicted molar refractivity (Wildman–Crippen MR) is 195 cm³/mol. The molecule has 1 aromatic heterocycles. The number of nitriles is 1. The molecule has 1 atom stereocenters. The Balaban J connectivity index is 1.25. The summed E-state index contributed by atoms with van der Waals surface area (Å²) in [5, 5.41) is 16.2. The lowest BCUT2D eigenvalue weighted by Crippen LogP contribution is -2.12. The van der Waals surface area contributed by atoms with Gasteiger partial charge in [0.1, 0.15) is 23.5 Å². The fourth-order valence-corrected chi connectivity index (χ4v) is 7.70. The van der Waals surface area contributed by atoms with E-state index in [2.05, 4.69) is 68.0 Å². The first kappa shape index (κ1) is 34.2. The van der Waals surface area contributed by atoms with E-state index < -0.39 is 11.3 Å². The second-order valence-electron chi connectivity index (χ2n) is 12.3. The van der Waals surface area contributed by atoms with Crippen molar-refractivity contribution >= 4 is 34.4 Å². The van der Waals surface area contributed by atoms with Crippen LogP contribution < -0.4 is 8.91 Å². The minimum absolute atomic E-state index is 0.144. The number of rotatable bonds is 12. The quantitative estimate of drug-likeness (QED) is 0.104. The van der Waals surface area contributed by atoms with Gasteiger partial charge < -0.3 is 4.18 Å². The van der Waals surface area contributed by atoms with Crippen molar-refractivity contribution in [3.63, 3.8) is 0 Å². The van der Waals surface area contributed by atoms with Crippen molar-refractivity contribution in [2.24, 2.45) is 5.10 Å². The Morgan fingerprint density at radius 1 is 0.939 bits per heavy atom. The molecule has 6 rings (SSSR count). The molecule has 1 N–H and O–H groups in total. The Hall–Kier alpha value is -4.66. The first-order chi connectivity index (χ1) is 23.6. The van der Waals surface area contributed by atoms with Crippen molar-refractivity contribution in [2.45, 2.75) is 64.0 Å². The third-order valence-electron chi connectivity index (χ3n) is 8.55. The van der Waals surface area contributed by atoms with E-state index in [-0.39, 0.29) is 6.61 Å². The van der Waals surface area contributed by atoms with E-state index in [9.17, 15) is 9.47 Å². The van der Waals surface area contributed by atoms with Gasteiger partial charge in [-0.05, 0) is 116 Å². The Kier molecular flexibility index (Phi) is 10.4. The number of benzene rings is 4. The minimum atomic E-state index is -1.75. The third kappa shape index (κ3) is 7.66. The molecule has 4 aromatic carbocycles. The Labute approximate surface area is 294 Å². The lowest BCUT2D eigenvalue weighted by atomic mass is 9.96. The van der Waals surface area contributed by atoms with Crippen LogP contribution in [0.5, 0.6) is 5.75 Å². The summed E-state index contributed by atoms with van der Waals surface area (Å²) >= 11 is -0.165. The molecule has 0 fully saturated rings. The summed E-state index contributed by atoms with van der Waals surface area (Å²) in [7, 11) is 1.47. The van der Waals surface area contributed by atoms with Gasteiger partial charge >= 0.3 is 11.3 Å². The monoisotopic (exact) mass is 690 g/mol. The summed E-state index contributed by atoms with van der Waals surface area (Å²) in [4.78, 5) is 11.4. The van der Waals surface area contributed by atoms with Crippen LogP contribution in [-0.4, -0.2) is 21.7 Å². The number of aromatic nitrogens is 1. The highest BCUT2D eigenvalue weighted by Gasteiger charge is 2.30. The van der Waals surface area contributed by atoms with Gasteiger partial charge in [-0.15, -0.1) is 0 Å². The fourth-order valence-electron chi connectivity index (χ4n) is 5.79. The van der Waals surface area contributed by atoms with Crippen LogP contribution in [0.15, 0.2) is 93.9 Å². The number of aryl methyl sites for hydroxylation is 5. The molecular weight excluding hydrogens is 653 g/mol. The molecule has 10 heteroatoms. The van der Waals surface area contributed by atoms with E-state index in [4.69, 9.17) is 19.1 Å². The Morgan fingerprint density at radius 2 is 1.69 bits per heavy atom. The smallest absolute Gasteiger partial charge is 0.316 e. The van der Waals surface area contributed by atoms with Gasteiger partial charge in [0, 0.05) is 22.6 Å². The Bertz CT molecular complexity index is 2150. The zero-order valence-electron chi connectivity index (χ0n) is 28.4. The fraction of sp³-hybridized carbons (Fsp3) is 0.231. The SMILES string of the molecule is COOCc1c(C#N)c2n(c1Sc1cc(C)ccc1C)N=C(c1cccc(Cc3cc(NS(=O)Oc4cc(C)ccc4C)ccc3C)c1)C2. The summed E-state index contributed by atoms with van der Waals surface area (Å²) < 4.78 is 23.5. The molecule has 0 spiro atoms. The van der Waals surface area contributed by atoms with Gasteiger partial charge in [0.25, 0.3) is 0 Å². The van der Waals surface area contributed by atoms with Crippen LogP contribution in [0, 0.1) is 45.9 Å². The molecule has 0 bridgehead atoms. The number of hydrogen-bond acceptors (Lipinski definition) is 7. The maximum atomic E-state index is 12.9. The van der Waals surface area contributed by atoms with Gasteiger partial charge in [-0.3, -0.25) is 4.72 Å². The highest BCUT2D eigenvalue weighted by Crippen LogP contribution is 2.40. The molecule has 5 aromatic rings. The van der Waals surface area contributed by atoms with Crippen molar-refractivity contribution in [3.8, 4) is 11.8 Å². The van der Waals surface area contributed by atoms with E-state index in [1.165, 1.54) is 7.11 Å². The molecule has 250 valence electrons. The molecule has 0 saturated heterocycles. The summed E-state index contributed by atoms with van der Waals surface area (Å²) in [6.07, 6.45) is 1.19. The average molecular weight is 691 g/mol. The van der Waals surface area contributed by atoms with E-state index >= 15 is 0 Å². The van der Waals surface area contributed by atoms with Crippen LogP contribution in [0.2, 0.25) is 0 Å². The van der Waals surface area contributed by atoms with Crippen LogP contribution in [0.25, 0.3) is 0 Å². The number of nitrogens with one attached hydrogen (secondary N) is 1. The lowest BCUT2D eigenvalue weighted by molar-refractivity contribution is -0.282. The molecule has 2 heterocycles. The summed E-state index contributed by atoms with van der Waals surface area (Å²) in [6.45, 7) is 10.3. The predicted octanol–water partition coefficient (Wildman–Crippen LogP) is 8.60. The number of nitrogens with zero attached hydrogens (tertiary/aromatic N) is 3. The molecule has 1 aliphatic heterocycles. The maximum Gasteiger partial charge on any atom is 0.316 e. The second-order valence-corrected chi connectivity index (χ2v) is 14.1. The highest BCUT2D eigenvalue weighted by atomic mass is 32.2. The van der Waals surface area contributed by atoms with Crippen molar-refractivity contribution < 1.29 is 18.2 Å². The minimum Gasteiger partial charge on any atom is -0.385 e. The molecule has 0 aliphatic carbocycles. The first-order valence-corrected chi connectivity index (χ1v) is 17.8. The van der Waals surface area contributed by atoms with E-state index in [1.54, 1.807) is 11.8 Å². The summed E-state index contributed by atoms with van der Waals surface area (Å²) in [5.41, 5.74) is 12.4. The Morgan fingerprint density at radius 3 is 2.47 bits per heavy atom. The lowest BCUT2D eigenvalue weighted by Gasteiger charge is -2.13. The summed E-state index contributed by atoms with van der Waals surface area (Å²) in [6, 6.07) is 28.9. The van der Waals surface area contributed by atoms with Crippen LogP contribution in [0.1, 0.15) is 61.3 Å². The van der Waals surface area contributed by atoms with Crippen LogP contribution in [0.4, 0.5) is 5.69 Å². The second kappa shape index (κ2) is 14.8. The van der Waals surface area contributed by atoms with Crippen LogP contribution in [0.3, 0.4) is 0 Å². The zero-order valence-corrected chi connectivity index (χ0v) is 30.1. The molecule has 8 nitrogen and oxygen atoms in total. The zero-order chi connectivity index (χ0) is 34.7. The topological polar surface area (TPSA) is 97.9 Å². The van der Waals surface area contributed by atoms with Gasteiger partial charge in [-0.2, -0.15) is 14.6 Å². The van der Waals surface area contributed by atoms with Crippen LogP contribution >= 0.6 is 11.8 Å². The normalized spacial score (nSPS) is 12.7. The van der Waals surface area contributed by atoms with Gasteiger partial charge in [-0.25, -0.2) is 14.5 Å². The summed E-state index contributed by atoms with van der Waals surface area (Å²) in [5.74, 6) is 0.592. The van der Waals surface area contributed by atoms with Gasteiger partial charge in [0.15, 0.2) is 0 Å². The van der Waals surface area contributed by atoms with E-state index in [1.807, 2.05) is 61.0 Å². The molecular formula is C39H38N4O4S2. The van der Waals surface area contributed by atoms with Crippen molar-refractivity contribution in [1.82, 2.24) is 4.68 Å². The molecule has 1 aliphatic rings. The first-order valence-electron chi connectivity index (χ1n) is 15.9. The van der Waals surface area contributed by atoms with Gasteiger partial charge in [-0.1, -0.05) is 60.3 Å². The third-order valence-corrected chi connectivity index (χ3v) is 10.6. The maximum absolute atomic E-state index is 12.9. The van der Waals surface area contributed by atoms with Crippen molar-refractivity contribution in [3.05, 3.63) is 140 Å². The molecule has 49 heavy (non-hydrogen) atoms. The largest absolute Gasteiger partial charge is 0.385 e. The van der Waals surface area contributed by atoms with Crippen molar-refractivity contribution in [1.29, 1.82) is 5.26 Å². The molecule has 1 unspecified atom stereocenters.